The van der Waals surface area contributed by atoms with Crippen molar-refractivity contribution in [1.82, 2.24) is 5.32 Å². The molecule has 0 unspecified atom stereocenters. The summed E-state index contributed by atoms with van der Waals surface area (Å²) in [6.45, 7) is 1.90. The Bertz CT molecular complexity index is 1050. The zero-order chi connectivity index (χ0) is 20.8. The highest BCUT2D eigenvalue weighted by molar-refractivity contribution is 6.32. The van der Waals surface area contributed by atoms with Crippen LogP contribution in [0.4, 0.5) is 5.69 Å². The summed E-state index contributed by atoms with van der Waals surface area (Å²) in [7, 11) is 0. The van der Waals surface area contributed by atoms with E-state index in [9.17, 15) is 14.9 Å². The lowest BCUT2D eigenvalue weighted by Gasteiger charge is -2.25. The largest absolute Gasteiger partial charge is 0.479 e. The summed E-state index contributed by atoms with van der Waals surface area (Å²) < 4.78 is 5.38. The molecule has 7 nitrogen and oxygen atoms in total. The average molecular weight is 412 g/mol. The van der Waals surface area contributed by atoms with E-state index in [0.717, 1.165) is 0 Å². The van der Waals surface area contributed by atoms with E-state index in [1.165, 1.54) is 0 Å². The molecule has 1 fully saturated rings. The van der Waals surface area contributed by atoms with Gasteiger partial charge in [-0.25, -0.2) is 0 Å². The second-order valence-electron chi connectivity index (χ2n) is 7.18. The number of anilines is 1. The number of halogens is 1. The molecule has 2 aliphatic heterocycles. The van der Waals surface area contributed by atoms with E-state index >= 15 is 0 Å². The Balaban J connectivity index is 1.80. The van der Waals surface area contributed by atoms with Crippen LogP contribution >= 0.6 is 11.6 Å². The Hall–Kier alpha value is -3.08. The molecule has 29 heavy (non-hydrogen) atoms. The van der Waals surface area contributed by atoms with Crippen molar-refractivity contribution in [3.8, 4) is 18.1 Å². The van der Waals surface area contributed by atoms with Gasteiger partial charge < -0.3 is 10.1 Å². The third-order valence-electron chi connectivity index (χ3n) is 5.62. The Morgan fingerprint density at radius 1 is 1.34 bits per heavy atom. The number of carbonyl (C=O) groups is 1. The fraction of sp³-hybridized carbons (Fsp3) is 0.286. The minimum atomic E-state index is -1.45. The third kappa shape index (κ3) is 2.84. The van der Waals surface area contributed by atoms with Crippen molar-refractivity contribution < 1.29 is 14.5 Å². The number of benzene rings is 2. The minimum Gasteiger partial charge on any atom is -0.479 e. The molecule has 148 valence electrons. The lowest BCUT2D eigenvalue weighted by Crippen LogP contribution is -2.54. The van der Waals surface area contributed by atoms with E-state index < -0.39 is 23.4 Å². The molecule has 0 radical (unpaired) electrons. The molecule has 4 rings (SSSR count). The molecule has 0 saturated carbocycles. The molecule has 2 N–H and O–H groups in total. The zero-order valence-electron chi connectivity index (χ0n) is 15.5. The number of fused-ring (bicyclic) bond motifs is 2. The quantitative estimate of drug-likeness (QED) is 0.458. The fourth-order valence-corrected chi connectivity index (χ4v) is 4.76. The summed E-state index contributed by atoms with van der Waals surface area (Å²) >= 11 is 6.32. The van der Waals surface area contributed by atoms with Gasteiger partial charge in [-0.1, -0.05) is 41.8 Å². The Kier molecular flexibility index (Phi) is 4.69. The van der Waals surface area contributed by atoms with Crippen LogP contribution in [0.2, 0.25) is 5.02 Å². The van der Waals surface area contributed by atoms with Gasteiger partial charge in [-0.15, -0.1) is 6.42 Å². The molecular formula is C21H18ClN3O4. The first-order valence-electron chi connectivity index (χ1n) is 9.08. The fourth-order valence-electron chi connectivity index (χ4n) is 4.51. The second-order valence-corrected chi connectivity index (χ2v) is 7.59. The van der Waals surface area contributed by atoms with Gasteiger partial charge in [0.25, 0.3) is 11.9 Å². The van der Waals surface area contributed by atoms with E-state index in [2.05, 4.69) is 16.6 Å². The predicted molar refractivity (Wildman–Crippen MR) is 109 cm³/mol. The number of terminal acetylenes is 1. The molecule has 1 amide bonds. The number of hydrogen-bond acceptors (Lipinski definition) is 5. The topological polar surface area (TPSA) is 93.5 Å². The SMILES string of the molecule is C#CCOc1ccc([C@@H]2[C@H](C)N[C@]3(C(=O)Nc4ccccc43)[C@H]2[N+](=O)[O-])cc1Cl. The summed E-state index contributed by atoms with van der Waals surface area (Å²) in [4.78, 5) is 24.9. The van der Waals surface area contributed by atoms with Gasteiger partial charge in [0.2, 0.25) is 0 Å². The van der Waals surface area contributed by atoms with Crippen LogP contribution in [0.5, 0.6) is 5.75 Å². The maximum atomic E-state index is 13.0. The van der Waals surface area contributed by atoms with Crippen LogP contribution in [0.3, 0.4) is 0 Å². The molecule has 4 atom stereocenters. The minimum absolute atomic E-state index is 0.0675. The van der Waals surface area contributed by atoms with Crippen molar-refractivity contribution in [1.29, 1.82) is 0 Å². The van der Waals surface area contributed by atoms with Crippen LogP contribution < -0.4 is 15.4 Å². The first-order valence-corrected chi connectivity index (χ1v) is 9.45. The number of hydrogen-bond donors (Lipinski definition) is 2. The lowest BCUT2D eigenvalue weighted by molar-refractivity contribution is -0.532. The van der Waals surface area contributed by atoms with Crippen LogP contribution in [0, 0.1) is 22.5 Å². The van der Waals surface area contributed by atoms with E-state index in [0.29, 0.717) is 27.6 Å². The number of nitrogens with zero attached hydrogens (tertiary/aromatic N) is 1. The van der Waals surface area contributed by atoms with E-state index in [1.54, 1.807) is 42.5 Å². The number of nitrogens with one attached hydrogen (secondary N) is 2. The molecule has 0 aromatic heterocycles. The Morgan fingerprint density at radius 3 is 2.79 bits per heavy atom. The van der Waals surface area contributed by atoms with E-state index in [4.69, 9.17) is 22.8 Å². The second kappa shape index (κ2) is 7.07. The number of nitro groups is 1. The molecule has 1 saturated heterocycles. The molecule has 0 aliphatic carbocycles. The van der Waals surface area contributed by atoms with Gasteiger partial charge in [0.1, 0.15) is 12.4 Å². The Labute approximate surface area is 172 Å². The highest BCUT2D eigenvalue weighted by Gasteiger charge is 2.67. The van der Waals surface area contributed by atoms with E-state index in [1.807, 2.05) is 6.92 Å². The van der Waals surface area contributed by atoms with Gasteiger partial charge in [-0.3, -0.25) is 20.2 Å². The predicted octanol–water partition coefficient (Wildman–Crippen LogP) is 2.92. The van der Waals surface area contributed by atoms with Crippen LogP contribution in [-0.4, -0.2) is 29.5 Å². The number of carbonyl (C=O) groups excluding carboxylic acids is 1. The number of amides is 1. The van der Waals surface area contributed by atoms with E-state index in [-0.39, 0.29) is 17.6 Å². The van der Waals surface area contributed by atoms with Gasteiger partial charge >= 0.3 is 0 Å². The maximum absolute atomic E-state index is 13.0. The smallest absolute Gasteiger partial charge is 0.256 e. The third-order valence-corrected chi connectivity index (χ3v) is 5.91. The van der Waals surface area contributed by atoms with Crippen molar-refractivity contribution in [3.05, 3.63) is 68.7 Å². The number of ether oxygens (including phenoxy) is 1. The average Bonchev–Trinajstić information content (AvgIpc) is 3.15. The lowest BCUT2D eigenvalue weighted by atomic mass is 9.78. The molecule has 1 spiro atoms. The van der Waals surface area contributed by atoms with Crippen LogP contribution in [0.1, 0.15) is 24.0 Å². The molecule has 8 heteroatoms. The maximum Gasteiger partial charge on any atom is 0.256 e. The van der Waals surface area contributed by atoms with Gasteiger partial charge in [-0.2, -0.15) is 0 Å². The first-order chi connectivity index (χ1) is 13.9. The van der Waals surface area contributed by atoms with Crippen LogP contribution in [-0.2, 0) is 10.3 Å². The van der Waals surface area contributed by atoms with Crippen molar-refractivity contribution in [2.75, 3.05) is 11.9 Å². The van der Waals surface area contributed by atoms with Crippen molar-refractivity contribution >= 4 is 23.2 Å². The van der Waals surface area contributed by atoms with Crippen molar-refractivity contribution in [2.45, 2.75) is 30.5 Å². The molecule has 0 bridgehead atoms. The molecule has 2 heterocycles. The number of para-hydroxylation sites is 1. The Morgan fingerprint density at radius 2 is 2.10 bits per heavy atom. The molecule has 2 aliphatic rings. The van der Waals surface area contributed by atoms with Crippen molar-refractivity contribution in [2.24, 2.45) is 0 Å². The van der Waals surface area contributed by atoms with Crippen molar-refractivity contribution in [3.63, 3.8) is 0 Å². The summed E-state index contributed by atoms with van der Waals surface area (Å²) in [5, 5.41) is 18.6. The molecule has 2 aromatic carbocycles. The first kappa shape index (κ1) is 19.2. The summed E-state index contributed by atoms with van der Waals surface area (Å²) in [5.41, 5.74) is 0.371. The van der Waals surface area contributed by atoms with Gasteiger partial charge in [0.05, 0.1) is 10.9 Å². The standard InChI is InChI=1S/C21H18ClN3O4/c1-3-10-29-17-9-8-13(11-15(17)22)18-12(2)24-21(19(18)25(27)28)14-6-4-5-7-16(14)23-20(21)26/h1,4-9,11-12,18-19,24H,10H2,2H3,(H,23,26)/t12-,18-,19-,21-/m0/s1. The summed E-state index contributed by atoms with van der Waals surface area (Å²) in [5.74, 6) is 1.77. The normalized spacial score (nSPS) is 27.3. The van der Waals surface area contributed by atoms with Gasteiger partial charge in [-0.05, 0) is 30.7 Å². The summed E-state index contributed by atoms with van der Waals surface area (Å²) in [6, 6.07) is 10.5. The molecule has 2 aromatic rings. The number of rotatable bonds is 4. The monoisotopic (exact) mass is 411 g/mol. The van der Waals surface area contributed by atoms with Gasteiger partial charge in [0.15, 0.2) is 5.54 Å². The van der Waals surface area contributed by atoms with Gasteiger partial charge in [0, 0.05) is 22.2 Å². The van der Waals surface area contributed by atoms with Crippen LogP contribution in [0.25, 0.3) is 0 Å². The highest BCUT2D eigenvalue weighted by atomic mass is 35.5. The molecular weight excluding hydrogens is 394 g/mol. The zero-order valence-corrected chi connectivity index (χ0v) is 16.3. The summed E-state index contributed by atoms with van der Waals surface area (Å²) in [6.07, 6.45) is 5.20. The highest BCUT2D eigenvalue weighted by Crippen LogP contribution is 2.50. The van der Waals surface area contributed by atoms with Crippen LogP contribution in [0.15, 0.2) is 42.5 Å².